The lowest BCUT2D eigenvalue weighted by Gasteiger charge is -2.14. The normalized spacial score (nSPS) is 11.2. The summed E-state index contributed by atoms with van der Waals surface area (Å²) < 4.78 is 38.8. The van der Waals surface area contributed by atoms with E-state index in [9.17, 15) is 18.0 Å². The van der Waals surface area contributed by atoms with Gasteiger partial charge in [0.2, 0.25) is 0 Å². The van der Waals surface area contributed by atoms with Gasteiger partial charge in [0.1, 0.15) is 0 Å². The Morgan fingerprint density at radius 3 is 2.62 bits per heavy atom. The Morgan fingerprint density at radius 1 is 1.29 bits per heavy atom. The van der Waals surface area contributed by atoms with E-state index in [1.54, 1.807) is 0 Å². The van der Waals surface area contributed by atoms with Crippen LogP contribution in [0.5, 0.6) is 0 Å². The minimum atomic E-state index is -4.51. The first kappa shape index (κ1) is 15.4. The lowest BCUT2D eigenvalue weighted by molar-refractivity contribution is -0.136. The molecule has 0 aliphatic rings. The van der Waals surface area contributed by atoms with Crippen LogP contribution in [-0.2, 0) is 12.7 Å². The summed E-state index contributed by atoms with van der Waals surface area (Å²) in [6, 6.07) is 5.32. The van der Waals surface area contributed by atoms with E-state index >= 15 is 0 Å². The molecule has 0 bridgehead atoms. The molecule has 0 aliphatic heterocycles. The monoisotopic (exact) mass is 314 g/mol. The first-order valence-electron chi connectivity index (χ1n) is 6.10. The van der Waals surface area contributed by atoms with Crippen LogP contribution in [0.1, 0.15) is 21.5 Å². The number of thiophene rings is 1. The summed E-state index contributed by atoms with van der Waals surface area (Å²) in [4.78, 5) is 11.9. The van der Waals surface area contributed by atoms with Crippen molar-refractivity contribution in [3.8, 4) is 0 Å². The van der Waals surface area contributed by atoms with Crippen LogP contribution in [0.4, 0.5) is 18.9 Å². The molecular formula is C14H13F3N2OS. The number of anilines is 1. The Morgan fingerprint density at radius 2 is 2.05 bits per heavy atom. The zero-order valence-electron chi connectivity index (χ0n) is 11.1. The lowest BCUT2D eigenvalue weighted by Crippen LogP contribution is -2.23. The molecule has 2 N–H and O–H groups in total. The summed E-state index contributed by atoms with van der Waals surface area (Å²) in [6.45, 7) is 0.289. The molecule has 1 aromatic carbocycles. The Bertz CT molecular complexity index is 624. The first-order chi connectivity index (χ1) is 9.91. The molecular weight excluding hydrogens is 301 g/mol. The summed E-state index contributed by atoms with van der Waals surface area (Å²) in [6.07, 6.45) is -4.51. The SMILES string of the molecule is CNc1ccc(C(=O)NCc2ccsc2)cc1C(F)(F)F. The maximum absolute atomic E-state index is 12.9. The van der Waals surface area contributed by atoms with E-state index in [1.165, 1.54) is 30.5 Å². The molecule has 0 spiro atoms. The number of carbonyl (C=O) groups excluding carboxylic acids is 1. The van der Waals surface area contributed by atoms with E-state index in [-0.39, 0.29) is 17.8 Å². The minimum Gasteiger partial charge on any atom is -0.388 e. The largest absolute Gasteiger partial charge is 0.418 e. The molecule has 1 amide bonds. The van der Waals surface area contributed by atoms with Crippen molar-refractivity contribution in [2.45, 2.75) is 12.7 Å². The minimum absolute atomic E-state index is 0.0171. The highest BCUT2D eigenvalue weighted by Gasteiger charge is 2.34. The van der Waals surface area contributed by atoms with Gasteiger partial charge in [-0.2, -0.15) is 24.5 Å². The molecule has 3 nitrogen and oxygen atoms in total. The molecule has 2 rings (SSSR count). The van der Waals surface area contributed by atoms with Gasteiger partial charge in [-0.15, -0.1) is 0 Å². The van der Waals surface area contributed by atoms with Gasteiger partial charge in [-0.3, -0.25) is 4.79 Å². The number of amides is 1. The van der Waals surface area contributed by atoms with Gasteiger partial charge in [0.25, 0.3) is 5.91 Å². The molecule has 0 aliphatic carbocycles. The molecule has 1 aromatic heterocycles. The van der Waals surface area contributed by atoms with Gasteiger partial charge in [-0.1, -0.05) is 0 Å². The molecule has 21 heavy (non-hydrogen) atoms. The highest BCUT2D eigenvalue weighted by Crippen LogP contribution is 2.35. The van der Waals surface area contributed by atoms with Gasteiger partial charge < -0.3 is 10.6 Å². The molecule has 2 aromatic rings. The summed E-state index contributed by atoms with van der Waals surface area (Å²) in [5.41, 5.74) is -0.0159. The fourth-order valence-corrected chi connectivity index (χ4v) is 2.48. The molecule has 0 saturated heterocycles. The Balaban J connectivity index is 2.17. The zero-order valence-corrected chi connectivity index (χ0v) is 11.9. The number of rotatable bonds is 4. The van der Waals surface area contributed by atoms with Crippen LogP contribution in [0.2, 0.25) is 0 Å². The Labute approximate surface area is 123 Å². The van der Waals surface area contributed by atoms with E-state index in [0.717, 1.165) is 11.6 Å². The van der Waals surface area contributed by atoms with Crippen molar-refractivity contribution in [2.24, 2.45) is 0 Å². The third kappa shape index (κ3) is 3.75. The van der Waals surface area contributed by atoms with Crippen molar-refractivity contribution in [3.63, 3.8) is 0 Å². The van der Waals surface area contributed by atoms with Crippen molar-refractivity contribution < 1.29 is 18.0 Å². The highest BCUT2D eigenvalue weighted by molar-refractivity contribution is 7.07. The van der Waals surface area contributed by atoms with E-state index in [0.29, 0.717) is 0 Å². The zero-order chi connectivity index (χ0) is 15.5. The van der Waals surface area contributed by atoms with Crippen molar-refractivity contribution in [2.75, 3.05) is 12.4 Å². The molecule has 0 unspecified atom stereocenters. The molecule has 0 atom stereocenters. The third-order valence-electron chi connectivity index (χ3n) is 2.89. The van der Waals surface area contributed by atoms with Gasteiger partial charge in [0, 0.05) is 24.8 Å². The van der Waals surface area contributed by atoms with Crippen LogP contribution in [-0.4, -0.2) is 13.0 Å². The number of alkyl halides is 3. The van der Waals surface area contributed by atoms with Crippen LogP contribution >= 0.6 is 11.3 Å². The number of benzene rings is 1. The van der Waals surface area contributed by atoms with Crippen molar-refractivity contribution >= 4 is 22.9 Å². The number of nitrogens with one attached hydrogen (secondary N) is 2. The van der Waals surface area contributed by atoms with Gasteiger partial charge in [0.05, 0.1) is 5.56 Å². The summed E-state index contributed by atoms with van der Waals surface area (Å²) in [7, 11) is 1.40. The van der Waals surface area contributed by atoms with E-state index in [1.807, 2.05) is 16.8 Å². The molecule has 0 radical (unpaired) electrons. The second kappa shape index (κ2) is 6.17. The summed E-state index contributed by atoms with van der Waals surface area (Å²) >= 11 is 1.49. The summed E-state index contributed by atoms with van der Waals surface area (Å²) in [5.74, 6) is -0.533. The van der Waals surface area contributed by atoms with Gasteiger partial charge in [-0.05, 0) is 40.6 Å². The number of halogens is 3. The van der Waals surface area contributed by atoms with E-state index < -0.39 is 17.6 Å². The topological polar surface area (TPSA) is 41.1 Å². The van der Waals surface area contributed by atoms with Crippen molar-refractivity contribution in [3.05, 3.63) is 51.7 Å². The fourth-order valence-electron chi connectivity index (χ4n) is 1.82. The molecule has 0 saturated carbocycles. The Hall–Kier alpha value is -2.02. The first-order valence-corrected chi connectivity index (χ1v) is 7.04. The number of hydrogen-bond donors (Lipinski definition) is 2. The van der Waals surface area contributed by atoms with Crippen LogP contribution in [0.25, 0.3) is 0 Å². The molecule has 7 heteroatoms. The van der Waals surface area contributed by atoms with Gasteiger partial charge >= 0.3 is 6.18 Å². The predicted octanol–water partition coefficient (Wildman–Crippen LogP) is 3.74. The maximum Gasteiger partial charge on any atom is 0.418 e. The second-order valence-corrected chi connectivity index (χ2v) is 5.10. The number of carbonyl (C=O) groups is 1. The molecule has 0 fully saturated rings. The standard InChI is InChI=1S/C14H13F3N2OS/c1-18-12-3-2-10(6-11(12)14(15,16)17)13(20)19-7-9-4-5-21-8-9/h2-6,8,18H,7H2,1H3,(H,19,20). The van der Waals surface area contributed by atoms with Gasteiger partial charge in [-0.25, -0.2) is 0 Å². The summed E-state index contributed by atoms with van der Waals surface area (Å²) in [5, 5.41) is 8.80. The maximum atomic E-state index is 12.9. The van der Waals surface area contributed by atoms with Crippen molar-refractivity contribution in [1.82, 2.24) is 5.32 Å². The van der Waals surface area contributed by atoms with E-state index in [2.05, 4.69) is 10.6 Å². The van der Waals surface area contributed by atoms with Crippen LogP contribution in [0.15, 0.2) is 35.0 Å². The Kier molecular flexibility index (Phi) is 4.52. The second-order valence-electron chi connectivity index (χ2n) is 4.32. The average molecular weight is 314 g/mol. The van der Waals surface area contributed by atoms with Crippen LogP contribution < -0.4 is 10.6 Å². The van der Waals surface area contributed by atoms with Crippen LogP contribution in [0, 0.1) is 0 Å². The smallest absolute Gasteiger partial charge is 0.388 e. The lowest BCUT2D eigenvalue weighted by atomic mass is 10.1. The fraction of sp³-hybridized carbons (Fsp3) is 0.214. The average Bonchev–Trinajstić information content (AvgIpc) is 2.96. The number of hydrogen-bond acceptors (Lipinski definition) is 3. The van der Waals surface area contributed by atoms with Crippen LogP contribution in [0.3, 0.4) is 0 Å². The predicted molar refractivity (Wildman–Crippen MR) is 76.5 cm³/mol. The third-order valence-corrected chi connectivity index (χ3v) is 3.62. The molecule has 112 valence electrons. The molecule has 1 heterocycles. The van der Waals surface area contributed by atoms with Crippen molar-refractivity contribution in [1.29, 1.82) is 0 Å². The van der Waals surface area contributed by atoms with Gasteiger partial charge in [0.15, 0.2) is 0 Å². The highest BCUT2D eigenvalue weighted by atomic mass is 32.1. The van der Waals surface area contributed by atoms with E-state index in [4.69, 9.17) is 0 Å². The quantitative estimate of drug-likeness (QED) is 0.902.